The normalized spacial score (nSPS) is 14.2. The van der Waals surface area contributed by atoms with Gasteiger partial charge in [0.1, 0.15) is 11.4 Å². The van der Waals surface area contributed by atoms with Gasteiger partial charge in [0.25, 0.3) is 5.91 Å². The monoisotopic (exact) mass is 412 g/mol. The highest BCUT2D eigenvalue weighted by atomic mass is 16.5. The lowest BCUT2D eigenvalue weighted by Crippen LogP contribution is -2.44. The zero-order valence-corrected chi connectivity index (χ0v) is 18.1. The van der Waals surface area contributed by atoms with Gasteiger partial charge in [-0.1, -0.05) is 0 Å². The Balaban J connectivity index is 1.90. The van der Waals surface area contributed by atoms with Crippen molar-refractivity contribution >= 4 is 17.7 Å². The van der Waals surface area contributed by atoms with Crippen molar-refractivity contribution in [2.45, 2.75) is 39.7 Å². The Bertz CT molecular complexity index is 957. The topological polar surface area (TPSA) is 88.7 Å². The summed E-state index contributed by atoms with van der Waals surface area (Å²) < 4.78 is 9.96. The number of amides is 1. The van der Waals surface area contributed by atoms with Gasteiger partial charge in [-0.05, 0) is 69.4 Å². The standard InChI is InChI=1S/C23H28N2O5/c1-13-19(14(2)24-20(13)23(28)30-5)21(26)15(3)25(12-16-6-7-16)22(27)17-8-10-18(29-4)11-9-17/h8-11,15-16,24H,6-7,12H2,1-5H3/t15-/m0/s1. The molecule has 0 spiro atoms. The summed E-state index contributed by atoms with van der Waals surface area (Å²) >= 11 is 0. The van der Waals surface area contributed by atoms with Crippen LogP contribution in [-0.4, -0.2) is 54.3 Å². The number of rotatable bonds is 8. The molecule has 7 heteroatoms. The number of nitrogens with zero attached hydrogens (tertiary/aromatic N) is 1. The molecule has 1 saturated carbocycles. The predicted molar refractivity (Wildman–Crippen MR) is 112 cm³/mol. The summed E-state index contributed by atoms with van der Waals surface area (Å²) in [5, 5.41) is 0. The van der Waals surface area contributed by atoms with E-state index in [1.54, 1.807) is 57.0 Å². The second-order valence-corrected chi connectivity index (χ2v) is 7.79. The van der Waals surface area contributed by atoms with Crippen molar-refractivity contribution in [3.63, 3.8) is 0 Å². The van der Waals surface area contributed by atoms with Gasteiger partial charge in [0.15, 0.2) is 5.78 Å². The molecular formula is C23H28N2O5. The van der Waals surface area contributed by atoms with E-state index >= 15 is 0 Å². The number of nitrogens with one attached hydrogen (secondary N) is 1. The number of hydrogen-bond donors (Lipinski definition) is 1. The minimum absolute atomic E-state index is 0.190. The summed E-state index contributed by atoms with van der Waals surface area (Å²) in [6, 6.07) is 6.22. The zero-order chi connectivity index (χ0) is 22.0. The lowest BCUT2D eigenvalue weighted by atomic mass is 9.99. The molecule has 1 aliphatic rings. The second kappa shape index (κ2) is 8.73. The number of esters is 1. The fraction of sp³-hybridized carbons (Fsp3) is 0.435. The molecule has 160 valence electrons. The van der Waals surface area contributed by atoms with E-state index in [1.807, 2.05) is 0 Å². The molecule has 1 aromatic carbocycles. The number of methoxy groups -OCH3 is 2. The number of Topliss-reactive ketones (excluding diaryl/α,β-unsaturated/α-hetero) is 1. The molecule has 2 aromatic rings. The van der Waals surface area contributed by atoms with Crippen LogP contribution in [0.15, 0.2) is 24.3 Å². The third-order valence-corrected chi connectivity index (χ3v) is 5.67. The van der Waals surface area contributed by atoms with Gasteiger partial charge < -0.3 is 19.4 Å². The highest BCUT2D eigenvalue weighted by Gasteiger charge is 2.35. The van der Waals surface area contributed by atoms with Gasteiger partial charge in [0.2, 0.25) is 0 Å². The molecule has 1 N–H and O–H groups in total. The van der Waals surface area contributed by atoms with Crippen LogP contribution in [0.5, 0.6) is 5.75 Å². The fourth-order valence-electron chi connectivity index (χ4n) is 3.67. The Morgan fingerprint density at radius 2 is 1.77 bits per heavy atom. The maximum absolute atomic E-state index is 13.4. The Hall–Kier alpha value is -3.09. The molecule has 3 rings (SSSR count). The summed E-state index contributed by atoms with van der Waals surface area (Å²) in [6.07, 6.45) is 2.12. The van der Waals surface area contributed by atoms with Gasteiger partial charge in [-0.15, -0.1) is 0 Å². The zero-order valence-electron chi connectivity index (χ0n) is 18.1. The molecule has 1 aromatic heterocycles. The molecule has 1 heterocycles. The molecule has 0 radical (unpaired) electrons. The first-order chi connectivity index (χ1) is 14.3. The van der Waals surface area contributed by atoms with E-state index in [0.29, 0.717) is 40.6 Å². The van der Waals surface area contributed by atoms with E-state index in [9.17, 15) is 14.4 Å². The number of ether oxygens (including phenoxy) is 2. The molecule has 0 aliphatic heterocycles. The van der Waals surface area contributed by atoms with E-state index in [-0.39, 0.29) is 17.4 Å². The van der Waals surface area contributed by atoms with E-state index < -0.39 is 12.0 Å². The summed E-state index contributed by atoms with van der Waals surface area (Å²) in [4.78, 5) is 43.3. The van der Waals surface area contributed by atoms with Gasteiger partial charge in [-0.25, -0.2) is 4.79 Å². The number of aromatic amines is 1. The molecule has 1 aliphatic carbocycles. The molecule has 0 saturated heterocycles. The number of carbonyl (C=O) groups is 3. The highest BCUT2D eigenvalue weighted by molar-refractivity contribution is 6.07. The third-order valence-electron chi connectivity index (χ3n) is 5.67. The molecule has 1 amide bonds. The van der Waals surface area contributed by atoms with Crippen LogP contribution < -0.4 is 4.74 Å². The van der Waals surface area contributed by atoms with Crippen LogP contribution in [0.2, 0.25) is 0 Å². The maximum Gasteiger partial charge on any atom is 0.354 e. The Morgan fingerprint density at radius 1 is 1.13 bits per heavy atom. The smallest absolute Gasteiger partial charge is 0.354 e. The van der Waals surface area contributed by atoms with Crippen LogP contribution in [-0.2, 0) is 4.74 Å². The van der Waals surface area contributed by atoms with Gasteiger partial charge in [-0.3, -0.25) is 9.59 Å². The predicted octanol–water partition coefficient (Wildman–Crippen LogP) is 3.55. The quantitative estimate of drug-likeness (QED) is 0.529. The molecule has 0 unspecified atom stereocenters. The van der Waals surface area contributed by atoms with Crippen LogP contribution in [0, 0.1) is 19.8 Å². The van der Waals surface area contributed by atoms with E-state index in [1.165, 1.54) is 7.11 Å². The number of H-pyrrole nitrogens is 1. The number of carbonyl (C=O) groups excluding carboxylic acids is 3. The van der Waals surface area contributed by atoms with Gasteiger partial charge in [-0.2, -0.15) is 0 Å². The summed E-state index contributed by atoms with van der Waals surface area (Å²) in [5.41, 5.74) is 2.34. The molecule has 7 nitrogen and oxygen atoms in total. The van der Waals surface area contributed by atoms with Crippen molar-refractivity contribution in [2.75, 3.05) is 20.8 Å². The maximum atomic E-state index is 13.4. The first-order valence-corrected chi connectivity index (χ1v) is 10.0. The van der Waals surface area contributed by atoms with Crippen LogP contribution in [0.3, 0.4) is 0 Å². The molecular weight excluding hydrogens is 384 g/mol. The fourth-order valence-corrected chi connectivity index (χ4v) is 3.67. The number of aryl methyl sites for hydroxylation is 1. The van der Waals surface area contributed by atoms with Crippen LogP contribution >= 0.6 is 0 Å². The van der Waals surface area contributed by atoms with Crippen molar-refractivity contribution < 1.29 is 23.9 Å². The largest absolute Gasteiger partial charge is 0.497 e. The molecule has 1 atom stereocenters. The minimum Gasteiger partial charge on any atom is -0.497 e. The van der Waals surface area contributed by atoms with Crippen molar-refractivity contribution in [2.24, 2.45) is 5.92 Å². The van der Waals surface area contributed by atoms with Crippen LogP contribution in [0.1, 0.15) is 62.2 Å². The van der Waals surface area contributed by atoms with Crippen molar-refractivity contribution in [3.05, 3.63) is 52.3 Å². The Kier molecular flexibility index (Phi) is 6.29. The first kappa shape index (κ1) is 21.6. The van der Waals surface area contributed by atoms with E-state index in [0.717, 1.165) is 12.8 Å². The SMILES string of the molecule is COC(=O)c1[nH]c(C)c(C(=O)[C@H](C)N(CC2CC2)C(=O)c2ccc(OC)cc2)c1C. The molecule has 0 bridgehead atoms. The Labute approximate surface area is 176 Å². The number of aromatic nitrogens is 1. The van der Waals surface area contributed by atoms with Crippen LogP contribution in [0.25, 0.3) is 0 Å². The van der Waals surface area contributed by atoms with Gasteiger partial charge >= 0.3 is 5.97 Å². The second-order valence-electron chi connectivity index (χ2n) is 7.79. The van der Waals surface area contributed by atoms with E-state index in [2.05, 4.69) is 4.98 Å². The Morgan fingerprint density at radius 3 is 2.30 bits per heavy atom. The summed E-state index contributed by atoms with van der Waals surface area (Å²) in [7, 11) is 2.87. The molecule has 30 heavy (non-hydrogen) atoms. The van der Waals surface area contributed by atoms with Gasteiger partial charge in [0.05, 0.1) is 20.3 Å². The van der Waals surface area contributed by atoms with E-state index in [4.69, 9.17) is 9.47 Å². The van der Waals surface area contributed by atoms with Crippen molar-refractivity contribution in [3.8, 4) is 5.75 Å². The number of ketones is 1. The third kappa shape index (κ3) is 4.25. The first-order valence-electron chi connectivity index (χ1n) is 10.0. The lowest BCUT2D eigenvalue weighted by molar-refractivity contribution is 0.0592. The average Bonchev–Trinajstić information content (AvgIpc) is 3.53. The summed E-state index contributed by atoms with van der Waals surface area (Å²) in [5.74, 6) is 0.176. The molecule has 1 fully saturated rings. The lowest BCUT2D eigenvalue weighted by Gasteiger charge is -2.29. The van der Waals surface area contributed by atoms with Crippen LogP contribution in [0.4, 0.5) is 0 Å². The average molecular weight is 412 g/mol. The van der Waals surface area contributed by atoms with Crippen molar-refractivity contribution in [1.82, 2.24) is 9.88 Å². The minimum atomic E-state index is -0.668. The number of hydrogen-bond acceptors (Lipinski definition) is 5. The number of benzene rings is 1. The van der Waals surface area contributed by atoms with Crippen molar-refractivity contribution in [1.29, 1.82) is 0 Å². The highest BCUT2D eigenvalue weighted by Crippen LogP contribution is 2.32. The summed E-state index contributed by atoms with van der Waals surface area (Å²) in [6.45, 7) is 5.74. The van der Waals surface area contributed by atoms with Gasteiger partial charge in [0, 0.05) is 23.4 Å².